The minimum absolute atomic E-state index is 0.0108. The fourth-order valence-electron chi connectivity index (χ4n) is 6.82. The first-order valence-corrected chi connectivity index (χ1v) is 16.9. The molecular formula is C34H39Cl2FN6O4. The molecule has 3 aliphatic rings. The van der Waals surface area contributed by atoms with Crippen molar-refractivity contribution < 1.29 is 23.5 Å². The van der Waals surface area contributed by atoms with E-state index in [1.165, 1.54) is 18.2 Å². The molecule has 13 heteroatoms. The fourth-order valence-corrected chi connectivity index (χ4v) is 7.12. The molecule has 47 heavy (non-hydrogen) atoms. The molecule has 0 spiro atoms. The van der Waals surface area contributed by atoms with Gasteiger partial charge in [0, 0.05) is 37.8 Å². The normalized spacial score (nSPS) is 21.0. The van der Waals surface area contributed by atoms with Crippen molar-refractivity contribution in [3.63, 3.8) is 0 Å². The Morgan fingerprint density at radius 1 is 0.915 bits per heavy atom. The quantitative estimate of drug-likeness (QED) is 0.289. The van der Waals surface area contributed by atoms with Crippen molar-refractivity contribution in [2.75, 3.05) is 26.2 Å². The molecule has 2 atom stereocenters. The Morgan fingerprint density at radius 2 is 1.68 bits per heavy atom. The summed E-state index contributed by atoms with van der Waals surface area (Å²) in [6.45, 7) is 7.64. The molecule has 0 bridgehead atoms. The summed E-state index contributed by atoms with van der Waals surface area (Å²) in [5, 5.41) is 9.43. The minimum Gasteiger partial charge on any atom is -0.444 e. The van der Waals surface area contributed by atoms with E-state index in [2.05, 4.69) is 10.3 Å². The second-order valence-corrected chi connectivity index (χ2v) is 14.3. The van der Waals surface area contributed by atoms with Gasteiger partial charge < -0.3 is 14.5 Å². The molecular weight excluding hydrogens is 646 g/mol. The summed E-state index contributed by atoms with van der Waals surface area (Å²) in [6, 6.07) is 8.35. The van der Waals surface area contributed by atoms with E-state index in [-0.39, 0.29) is 30.0 Å². The summed E-state index contributed by atoms with van der Waals surface area (Å²) in [5.74, 6) is -0.672. The highest BCUT2D eigenvalue weighted by atomic mass is 35.5. The zero-order valence-electron chi connectivity index (χ0n) is 26.8. The molecule has 3 saturated heterocycles. The molecule has 4 heterocycles. The summed E-state index contributed by atoms with van der Waals surface area (Å²) < 4.78 is 21.6. The Kier molecular flexibility index (Phi) is 9.49. The maximum Gasteiger partial charge on any atom is 0.410 e. The van der Waals surface area contributed by atoms with Crippen LogP contribution in [0.15, 0.2) is 42.6 Å². The molecule has 6 rings (SSSR count). The number of likely N-dealkylation sites (tertiary alicyclic amines) is 3. The third-order valence-corrected chi connectivity index (χ3v) is 9.91. The summed E-state index contributed by atoms with van der Waals surface area (Å²) in [4.78, 5) is 45.6. The van der Waals surface area contributed by atoms with Gasteiger partial charge in [0.05, 0.1) is 22.3 Å². The Labute approximate surface area is 283 Å². The van der Waals surface area contributed by atoms with Gasteiger partial charge in [-0.3, -0.25) is 14.5 Å². The van der Waals surface area contributed by atoms with Crippen LogP contribution in [0.3, 0.4) is 0 Å². The first-order chi connectivity index (χ1) is 22.4. The lowest BCUT2D eigenvalue weighted by atomic mass is 9.97. The van der Waals surface area contributed by atoms with Gasteiger partial charge in [-0.05, 0) is 101 Å². The molecule has 2 aromatic carbocycles. The number of ether oxygens (including phenoxy) is 1. The highest BCUT2D eigenvalue weighted by Crippen LogP contribution is 2.35. The number of benzene rings is 2. The summed E-state index contributed by atoms with van der Waals surface area (Å²) >= 11 is 12.3. The van der Waals surface area contributed by atoms with E-state index < -0.39 is 17.5 Å². The van der Waals surface area contributed by atoms with Gasteiger partial charge in [-0.2, -0.15) is 0 Å². The van der Waals surface area contributed by atoms with Crippen molar-refractivity contribution in [1.29, 1.82) is 0 Å². The minimum atomic E-state index is -0.601. The monoisotopic (exact) mass is 684 g/mol. The molecule has 250 valence electrons. The smallest absolute Gasteiger partial charge is 0.410 e. The van der Waals surface area contributed by atoms with Crippen LogP contribution >= 0.6 is 23.2 Å². The molecule has 10 nitrogen and oxygen atoms in total. The number of hydrogen-bond acceptors (Lipinski definition) is 6. The number of carbonyl (C=O) groups excluding carboxylic acids is 3. The van der Waals surface area contributed by atoms with E-state index in [0.29, 0.717) is 77.9 Å². The second kappa shape index (κ2) is 13.4. The molecule has 3 fully saturated rings. The summed E-state index contributed by atoms with van der Waals surface area (Å²) in [5.41, 5.74) is 1.49. The molecule has 0 saturated carbocycles. The fraction of sp³-hybridized carbons (Fsp3) is 0.500. The van der Waals surface area contributed by atoms with Crippen molar-refractivity contribution in [3.05, 3.63) is 69.7 Å². The molecule has 3 aliphatic heterocycles. The van der Waals surface area contributed by atoms with Gasteiger partial charge in [0.15, 0.2) is 0 Å². The van der Waals surface area contributed by atoms with E-state index in [0.717, 1.165) is 19.3 Å². The highest BCUT2D eigenvalue weighted by molar-refractivity contribution is 6.42. The van der Waals surface area contributed by atoms with Crippen molar-refractivity contribution in [3.8, 4) is 11.1 Å². The second-order valence-electron chi connectivity index (χ2n) is 13.5. The lowest BCUT2D eigenvalue weighted by molar-refractivity contribution is -0.133. The third-order valence-electron chi connectivity index (χ3n) is 9.17. The van der Waals surface area contributed by atoms with Gasteiger partial charge in [-0.15, -0.1) is 5.10 Å². The van der Waals surface area contributed by atoms with Crippen LogP contribution in [0.4, 0.5) is 9.18 Å². The number of aromatic nitrogens is 3. The average molecular weight is 686 g/mol. The number of hydrogen-bond donors (Lipinski definition) is 0. The van der Waals surface area contributed by atoms with Crippen LogP contribution in [0.2, 0.25) is 10.0 Å². The topological polar surface area (TPSA) is 101 Å². The predicted octanol–water partition coefficient (Wildman–Crippen LogP) is 6.93. The number of nitrogens with zero attached hydrogens (tertiary/aromatic N) is 6. The lowest BCUT2D eigenvalue weighted by Crippen LogP contribution is -2.47. The van der Waals surface area contributed by atoms with Crippen LogP contribution in [0.5, 0.6) is 0 Å². The Morgan fingerprint density at radius 3 is 2.40 bits per heavy atom. The van der Waals surface area contributed by atoms with Crippen LogP contribution in [0.25, 0.3) is 11.1 Å². The third kappa shape index (κ3) is 7.11. The van der Waals surface area contributed by atoms with Crippen molar-refractivity contribution >= 4 is 41.1 Å². The van der Waals surface area contributed by atoms with Crippen molar-refractivity contribution in [1.82, 2.24) is 29.7 Å². The first kappa shape index (κ1) is 33.2. The van der Waals surface area contributed by atoms with Gasteiger partial charge in [-0.25, -0.2) is 13.9 Å². The number of halogens is 3. The van der Waals surface area contributed by atoms with Crippen LogP contribution in [0.1, 0.15) is 87.4 Å². The number of rotatable bonds is 5. The van der Waals surface area contributed by atoms with Gasteiger partial charge >= 0.3 is 6.09 Å². The van der Waals surface area contributed by atoms with Crippen LogP contribution in [-0.4, -0.2) is 85.4 Å². The zero-order valence-corrected chi connectivity index (χ0v) is 28.3. The number of piperidine rings is 2. The van der Waals surface area contributed by atoms with Gasteiger partial charge in [0.1, 0.15) is 23.2 Å². The molecule has 0 N–H and O–H groups in total. The van der Waals surface area contributed by atoms with Crippen molar-refractivity contribution in [2.45, 2.75) is 83.0 Å². The SMILES string of the molecule is CC(C)(C)OC(=O)N1CCCCC1c1cn(C2CCN(C3CCN(C(=O)c4ccc(F)cc4-c4ccc(Cl)c(Cl)c4)CC3)C2=O)nn1. The van der Waals surface area contributed by atoms with Gasteiger partial charge in [0.2, 0.25) is 5.91 Å². The largest absolute Gasteiger partial charge is 0.444 e. The summed E-state index contributed by atoms with van der Waals surface area (Å²) in [7, 11) is 0. The van der Waals surface area contributed by atoms with E-state index in [9.17, 15) is 18.8 Å². The standard InChI is InChI=1S/C34H39Cl2FN6O4/c1-34(2,3)47-33(46)42-14-5-4-6-29(42)28-20-43(39-38-28)30-13-17-41(32(30)45)23-11-15-40(16-12-23)31(44)24-9-8-22(37)19-25(24)21-7-10-26(35)27(36)18-21/h7-10,18-20,23,29-30H,4-6,11-17H2,1-3H3. The van der Waals surface area contributed by atoms with Crippen molar-refractivity contribution in [2.24, 2.45) is 0 Å². The lowest BCUT2D eigenvalue weighted by Gasteiger charge is -2.37. The summed E-state index contributed by atoms with van der Waals surface area (Å²) in [6.07, 6.45) is 5.91. The molecule has 3 aromatic rings. The Hall–Kier alpha value is -3.70. The molecule has 0 aliphatic carbocycles. The Bertz CT molecular complexity index is 1670. The van der Waals surface area contributed by atoms with Crippen LogP contribution in [0, 0.1) is 5.82 Å². The van der Waals surface area contributed by atoms with Gasteiger partial charge in [0.25, 0.3) is 5.91 Å². The zero-order chi connectivity index (χ0) is 33.5. The first-order valence-electron chi connectivity index (χ1n) is 16.2. The number of amides is 3. The van der Waals surface area contributed by atoms with Gasteiger partial charge in [-0.1, -0.05) is 34.5 Å². The molecule has 2 unspecified atom stereocenters. The van der Waals surface area contributed by atoms with Crippen LogP contribution < -0.4 is 0 Å². The van der Waals surface area contributed by atoms with E-state index in [1.807, 2.05) is 25.7 Å². The Balaban J connectivity index is 1.09. The molecule has 1 aromatic heterocycles. The maximum absolute atomic E-state index is 14.3. The number of carbonyl (C=O) groups is 3. The maximum atomic E-state index is 14.3. The predicted molar refractivity (Wildman–Crippen MR) is 176 cm³/mol. The van der Waals surface area contributed by atoms with Crippen LogP contribution in [-0.2, 0) is 9.53 Å². The van der Waals surface area contributed by atoms with E-state index in [1.54, 1.807) is 38.9 Å². The van der Waals surface area contributed by atoms with E-state index in [4.69, 9.17) is 27.9 Å². The molecule has 0 radical (unpaired) electrons. The average Bonchev–Trinajstić information content (AvgIpc) is 3.68. The highest BCUT2D eigenvalue weighted by Gasteiger charge is 2.40. The van der Waals surface area contributed by atoms with E-state index >= 15 is 0 Å². The molecule has 3 amide bonds.